The molecule has 1 aromatic heterocycles. The average Bonchev–Trinajstić information content (AvgIpc) is 2.47. The van der Waals surface area contributed by atoms with Crippen LogP contribution in [0.2, 0.25) is 0 Å². The van der Waals surface area contributed by atoms with Crippen molar-refractivity contribution in [2.45, 2.75) is 5.03 Å². The lowest BCUT2D eigenvalue weighted by atomic mass is 10.8. The van der Waals surface area contributed by atoms with Crippen molar-refractivity contribution in [3.8, 4) is 0 Å². The molecule has 0 bridgehead atoms. The summed E-state index contributed by atoms with van der Waals surface area (Å²) in [6.45, 7) is 0. The summed E-state index contributed by atoms with van der Waals surface area (Å²) in [5.41, 5.74) is 0. The Morgan fingerprint density at radius 1 is 1.92 bits per heavy atom. The first kappa shape index (κ1) is 9.05. The van der Waals surface area contributed by atoms with Gasteiger partial charge in [-0.3, -0.25) is 4.79 Å². The summed E-state index contributed by atoms with van der Waals surface area (Å²) in [5, 5.41) is 8.17. The molecular weight excluding hydrogens is 178 g/mol. The second-order valence-electron chi connectivity index (χ2n) is 2.00. The molecular formula is C6H8N3O2S. The minimum Gasteiger partial charge on any atom is -0.461 e. The minimum absolute atomic E-state index is 0.227. The SMILES string of the molecule is [CH2]OC(=O)CSc1cnnn1C. The van der Waals surface area contributed by atoms with Crippen LogP contribution in [0.4, 0.5) is 0 Å². The lowest BCUT2D eigenvalue weighted by Gasteiger charge is -1.98. The third kappa shape index (κ3) is 2.23. The van der Waals surface area contributed by atoms with Gasteiger partial charge < -0.3 is 4.74 Å². The summed E-state index contributed by atoms with van der Waals surface area (Å²) in [6, 6.07) is 0. The molecule has 65 valence electrons. The zero-order chi connectivity index (χ0) is 8.97. The summed E-state index contributed by atoms with van der Waals surface area (Å²) < 4.78 is 5.81. The molecule has 0 N–H and O–H groups in total. The summed E-state index contributed by atoms with van der Waals surface area (Å²) in [6.07, 6.45) is 1.58. The van der Waals surface area contributed by atoms with E-state index in [1.807, 2.05) is 0 Å². The van der Waals surface area contributed by atoms with Crippen molar-refractivity contribution >= 4 is 17.7 Å². The van der Waals surface area contributed by atoms with E-state index in [-0.39, 0.29) is 11.7 Å². The number of ether oxygens (including phenoxy) is 1. The molecule has 0 atom stereocenters. The maximum absolute atomic E-state index is 10.7. The van der Waals surface area contributed by atoms with Crippen molar-refractivity contribution in [2.75, 3.05) is 5.75 Å². The van der Waals surface area contributed by atoms with Gasteiger partial charge in [0.15, 0.2) is 0 Å². The van der Waals surface area contributed by atoms with E-state index in [0.717, 1.165) is 5.03 Å². The minimum atomic E-state index is -0.360. The van der Waals surface area contributed by atoms with Crippen LogP contribution in [0.5, 0.6) is 0 Å². The quantitative estimate of drug-likeness (QED) is 0.500. The topological polar surface area (TPSA) is 57.0 Å². The standard InChI is InChI=1S/C6H8N3O2S/c1-9-5(3-7-8-9)12-4-6(10)11-2/h3H,2,4H2,1H3. The number of hydrogen-bond acceptors (Lipinski definition) is 5. The molecule has 0 aliphatic rings. The van der Waals surface area contributed by atoms with Crippen LogP contribution in [-0.4, -0.2) is 26.7 Å². The van der Waals surface area contributed by atoms with E-state index < -0.39 is 0 Å². The van der Waals surface area contributed by atoms with E-state index in [0.29, 0.717) is 0 Å². The lowest BCUT2D eigenvalue weighted by molar-refractivity contribution is -0.135. The van der Waals surface area contributed by atoms with Gasteiger partial charge >= 0.3 is 5.97 Å². The van der Waals surface area contributed by atoms with Gasteiger partial charge in [0.25, 0.3) is 0 Å². The molecule has 0 fully saturated rings. The normalized spacial score (nSPS) is 9.83. The van der Waals surface area contributed by atoms with E-state index in [2.05, 4.69) is 22.2 Å². The van der Waals surface area contributed by atoms with Gasteiger partial charge in [-0.1, -0.05) is 17.0 Å². The van der Waals surface area contributed by atoms with Gasteiger partial charge in [0, 0.05) is 7.05 Å². The zero-order valence-corrected chi connectivity index (χ0v) is 7.37. The Morgan fingerprint density at radius 2 is 2.67 bits per heavy atom. The van der Waals surface area contributed by atoms with Crippen molar-refractivity contribution < 1.29 is 9.53 Å². The van der Waals surface area contributed by atoms with E-state index in [1.54, 1.807) is 17.9 Å². The molecule has 1 aromatic rings. The van der Waals surface area contributed by atoms with Crippen LogP contribution in [0.1, 0.15) is 0 Å². The first-order chi connectivity index (χ1) is 5.74. The molecule has 0 unspecified atom stereocenters. The van der Waals surface area contributed by atoms with Crippen LogP contribution < -0.4 is 0 Å². The number of aryl methyl sites for hydroxylation is 1. The van der Waals surface area contributed by atoms with Crippen LogP contribution >= 0.6 is 11.8 Å². The molecule has 0 saturated heterocycles. The van der Waals surface area contributed by atoms with E-state index in [4.69, 9.17) is 0 Å². The van der Waals surface area contributed by atoms with Gasteiger partial charge in [0.1, 0.15) is 12.1 Å². The molecule has 0 aromatic carbocycles. The Morgan fingerprint density at radius 3 is 3.17 bits per heavy atom. The predicted octanol–water partition coefficient (Wildman–Crippen LogP) is 0.242. The highest BCUT2D eigenvalue weighted by Gasteiger charge is 2.04. The van der Waals surface area contributed by atoms with Crippen LogP contribution in [0.15, 0.2) is 11.2 Å². The fourth-order valence-corrected chi connectivity index (χ4v) is 1.28. The fourth-order valence-electron chi connectivity index (χ4n) is 0.586. The predicted molar refractivity (Wildman–Crippen MR) is 43.2 cm³/mol. The van der Waals surface area contributed by atoms with Gasteiger partial charge in [-0.05, 0) is 0 Å². The van der Waals surface area contributed by atoms with Gasteiger partial charge in [-0.25, -0.2) is 4.68 Å². The molecule has 0 aliphatic carbocycles. The molecule has 0 spiro atoms. The Bertz CT molecular complexity index is 274. The molecule has 0 aliphatic heterocycles. The lowest BCUT2D eigenvalue weighted by Crippen LogP contribution is -2.03. The maximum Gasteiger partial charge on any atom is 0.316 e. The third-order valence-electron chi connectivity index (χ3n) is 1.17. The summed E-state index contributed by atoms with van der Waals surface area (Å²) >= 11 is 1.31. The zero-order valence-electron chi connectivity index (χ0n) is 6.56. The Labute approximate surface area is 74.1 Å². The highest BCUT2D eigenvalue weighted by atomic mass is 32.2. The second-order valence-corrected chi connectivity index (χ2v) is 3.00. The molecule has 12 heavy (non-hydrogen) atoms. The number of esters is 1. The van der Waals surface area contributed by atoms with Crippen LogP contribution in [0.25, 0.3) is 0 Å². The van der Waals surface area contributed by atoms with Crippen LogP contribution in [0.3, 0.4) is 0 Å². The second kappa shape index (κ2) is 4.10. The van der Waals surface area contributed by atoms with E-state index in [9.17, 15) is 4.79 Å². The monoisotopic (exact) mass is 186 g/mol. The highest BCUT2D eigenvalue weighted by molar-refractivity contribution is 7.99. The van der Waals surface area contributed by atoms with Crippen LogP contribution in [-0.2, 0) is 16.6 Å². The van der Waals surface area contributed by atoms with Crippen molar-refractivity contribution in [2.24, 2.45) is 7.05 Å². The largest absolute Gasteiger partial charge is 0.461 e. The first-order valence-corrected chi connectivity index (χ1v) is 4.15. The Kier molecular flexibility index (Phi) is 3.09. The van der Waals surface area contributed by atoms with Gasteiger partial charge in [0.05, 0.1) is 11.9 Å². The molecule has 0 saturated carbocycles. The molecule has 1 rings (SSSR count). The number of nitrogens with zero attached hydrogens (tertiary/aromatic N) is 3. The number of hydrogen-bond donors (Lipinski definition) is 0. The molecule has 0 amide bonds. The summed E-state index contributed by atoms with van der Waals surface area (Å²) in [5.74, 6) is -0.133. The fraction of sp³-hybridized carbons (Fsp3) is 0.333. The highest BCUT2D eigenvalue weighted by Crippen LogP contribution is 2.14. The average molecular weight is 186 g/mol. The third-order valence-corrected chi connectivity index (χ3v) is 2.22. The van der Waals surface area contributed by atoms with Crippen molar-refractivity contribution in [1.29, 1.82) is 0 Å². The van der Waals surface area contributed by atoms with E-state index in [1.165, 1.54) is 11.8 Å². The van der Waals surface area contributed by atoms with Crippen molar-refractivity contribution in [3.63, 3.8) is 0 Å². The Hall–Kier alpha value is -1.04. The van der Waals surface area contributed by atoms with Gasteiger partial charge in [-0.15, -0.1) is 5.10 Å². The smallest absolute Gasteiger partial charge is 0.316 e. The number of carbonyl (C=O) groups is 1. The molecule has 6 heteroatoms. The number of thioether (sulfide) groups is 1. The summed E-state index contributed by atoms with van der Waals surface area (Å²) in [7, 11) is 4.76. The van der Waals surface area contributed by atoms with Crippen LogP contribution in [0, 0.1) is 7.11 Å². The number of carbonyl (C=O) groups excluding carboxylic acids is 1. The van der Waals surface area contributed by atoms with Crippen molar-refractivity contribution in [3.05, 3.63) is 13.3 Å². The molecule has 1 radical (unpaired) electrons. The first-order valence-electron chi connectivity index (χ1n) is 3.16. The molecule has 5 nitrogen and oxygen atoms in total. The van der Waals surface area contributed by atoms with E-state index >= 15 is 0 Å². The molecule has 1 heterocycles. The number of aromatic nitrogens is 3. The maximum atomic E-state index is 10.7. The summed E-state index contributed by atoms with van der Waals surface area (Å²) in [4.78, 5) is 10.7. The van der Waals surface area contributed by atoms with Gasteiger partial charge in [-0.2, -0.15) is 0 Å². The van der Waals surface area contributed by atoms with Crippen molar-refractivity contribution in [1.82, 2.24) is 15.0 Å². The Balaban J connectivity index is 2.43. The number of rotatable bonds is 3. The van der Waals surface area contributed by atoms with Gasteiger partial charge in [0.2, 0.25) is 0 Å².